The van der Waals surface area contributed by atoms with Crippen molar-refractivity contribution in [2.75, 3.05) is 26.4 Å². The van der Waals surface area contributed by atoms with Gasteiger partial charge in [-0.1, -0.05) is 19.9 Å². The molecule has 0 amide bonds. The van der Waals surface area contributed by atoms with Gasteiger partial charge in [-0.2, -0.15) is 0 Å². The molecule has 4 heteroatoms. The standard InChI is InChI=1S/C13H22N2O2/c1-3-8-16-9-10-17-13-12(11-14-4-2)6-5-7-15-13/h5-7,14H,3-4,8-11H2,1-2H3. The zero-order valence-electron chi connectivity index (χ0n) is 10.7. The van der Waals surface area contributed by atoms with Crippen molar-refractivity contribution < 1.29 is 9.47 Å². The lowest BCUT2D eigenvalue weighted by atomic mass is 10.2. The highest BCUT2D eigenvalue weighted by Gasteiger charge is 2.03. The number of nitrogens with one attached hydrogen (secondary N) is 1. The van der Waals surface area contributed by atoms with Gasteiger partial charge in [0.1, 0.15) is 6.61 Å². The largest absolute Gasteiger partial charge is 0.475 e. The van der Waals surface area contributed by atoms with Gasteiger partial charge in [-0.25, -0.2) is 4.98 Å². The topological polar surface area (TPSA) is 43.4 Å². The number of pyridine rings is 1. The molecule has 0 unspecified atom stereocenters. The monoisotopic (exact) mass is 238 g/mol. The van der Waals surface area contributed by atoms with E-state index in [0.717, 1.165) is 31.7 Å². The van der Waals surface area contributed by atoms with Gasteiger partial charge in [0.15, 0.2) is 0 Å². The molecule has 1 aromatic heterocycles. The molecule has 1 heterocycles. The first-order valence-electron chi connectivity index (χ1n) is 6.23. The van der Waals surface area contributed by atoms with Crippen molar-refractivity contribution in [2.24, 2.45) is 0 Å². The Bertz CT molecular complexity index is 305. The Hall–Kier alpha value is -1.13. The highest BCUT2D eigenvalue weighted by atomic mass is 16.5. The molecule has 0 spiro atoms. The Labute approximate surface area is 103 Å². The minimum atomic E-state index is 0.552. The molecule has 0 aliphatic carbocycles. The fourth-order valence-electron chi connectivity index (χ4n) is 1.39. The molecule has 0 saturated carbocycles. The average molecular weight is 238 g/mol. The zero-order valence-corrected chi connectivity index (χ0v) is 10.7. The second kappa shape index (κ2) is 8.96. The van der Waals surface area contributed by atoms with Gasteiger partial charge in [0, 0.05) is 24.9 Å². The molecule has 1 N–H and O–H groups in total. The maximum Gasteiger partial charge on any atom is 0.217 e. The summed E-state index contributed by atoms with van der Waals surface area (Å²) in [6.45, 7) is 7.85. The number of nitrogens with zero attached hydrogens (tertiary/aromatic N) is 1. The Balaban J connectivity index is 2.35. The SMILES string of the molecule is CCCOCCOc1ncccc1CNCC. The van der Waals surface area contributed by atoms with Crippen LogP contribution in [0.4, 0.5) is 0 Å². The van der Waals surface area contributed by atoms with Crippen molar-refractivity contribution in [2.45, 2.75) is 26.8 Å². The van der Waals surface area contributed by atoms with E-state index in [4.69, 9.17) is 9.47 Å². The number of rotatable bonds is 9. The first-order chi connectivity index (χ1) is 8.38. The van der Waals surface area contributed by atoms with E-state index < -0.39 is 0 Å². The molecular weight excluding hydrogens is 216 g/mol. The van der Waals surface area contributed by atoms with Crippen LogP contribution in [-0.2, 0) is 11.3 Å². The summed E-state index contributed by atoms with van der Waals surface area (Å²) < 4.78 is 11.0. The van der Waals surface area contributed by atoms with Crippen LogP contribution in [0.15, 0.2) is 18.3 Å². The molecule has 0 fully saturated rings. The van der Waals surface area contributed by atoms with E-state index in [2.05, 4.69) is 24.1 Å². The minimum Gasteiger partial charge on any atom is -0.475 e. The molecule has 1 rings (SSSR count). The number of aromatic nitrogens is 1. The third kappa shape index (κ3) is 5.65. The molecule has 1 aromatic rings. The molecule has 0 saturated heterocycles. The van der Waals surface area contributed by atoms with Gasteiger partial charge >= 0.3 is 0 Å². The van der Waals surface area contributed by atoms with E-state index in [-0.39, 0.29) is 0 Å². The molecule has 96 valence electrons. The summed E-state index contributed by atoms with van der Waals surface area (Å²) in [5, 5.41) is 3.26. The first-order valence-corrected chi connectivity index (χ1v) is 6.23. The molecule has 0 aromatic carbocycles. The van der Waals surface area contributed by atoms with Gasteiger partial charge in [0.2, 0.25) is 5.88 Å². The second-order valence-electron chi connectivity index (χ2n) is 3.71. The summed E-state index contributed by atoms with van der Waals surface area (Å²) in [6, 6.07) is 3.95. The van der Waals surface area contributed by atoms with E-state index in [1.165, 1.54) is 0 Å². The molecule has 0 bridgehead atoms. The van der Waals surface area contributed by atoms with E-state index in [0.29, 0.717) is 19.1 Å². The normalized spacial score (nSPS) is 10.5. The van der Waals surface area contributed by atoms with Crippen LogP contribution < -0.4 is 10.1 Å². The fourth-order valence-corrected chi connectivity index (χ4v) is 1.39. The predicted octanol–water partition coefficient (Wildman–Crippen LogP) is 2.00. The molecule has 0 radical (unpaired) electrons. The van der Waals surface area contributed by atoms with Gasteiger partial charge in [0.25, 0.3) is 0 Å². The Morgan fingerprint density at radius 1 is 1.24 bits per heavy atom. The molecule has 0 atom stereocenters. The number of hydrogen-bond donors (Lipinski definition) is 1. The average Bonchev–Trinajstić information content (AvgIpc) is 2.37. The summed E-state index contributed by atoms with van der Waals surface area (Å²) >= 11 is 0. The quantitative estimate of drug-likeness (QED) is 0.668. The van der Waals surface area contributed by atoms with Crippen LogP contribution in [0, 0.1) is 0 Å². The predicted molar refractivity (Wildman–Crippen MR) is 68.2 cm³/mol. The van der Waals surface area contributed by atoms with Crippen molar-refractivity contribution in [3.63, 3.8) is 0 Å². The minimum absolute atomic E-state index is 0.552. The van der Waals surface area contributed by atoms with Crippen molar-refractivity contribution in [3.8, 4) is 5.88 Å². The van der Waals surface area contributed by atoms with Gasteiger partial charge < -0.3 is 14.8 Å². The van der Waals surface area contributed by atoms with Crippen LogP contribution in [0.2, 0.25) is 0 Å². The van der Waals surface area contributed by atoms with Crippen LogP contribution in [0.5, 0.6) is 5.88 Å². The van der Waals surface area contributed by atoms with Gasteiger partial charge in [-0.05, 0) is 19.0 Å². The third-order valence-corrected chi connectivity index (χ3v) is 2.23. The lowest BCUT2D eigenvalue weighted by Gasteiger charge is -2.10. The van der Waals surface area contributed by atoms with E-state index in [1.54, 1.807) is 6.20 Å². The first kappa shape index (κ1) is 13.9. The summed E-state index contributed by atoms with van der Waals surface area (Å²) in [6.07, 6.45) is 2.78. The summed E-state index contributed by atoms with van der Waals surface area (Å²) in [7, 11) is 0. The van der Waals surface area contributed by atoms with Gasteiger partial charge in [-0.15, -0.1) is 0 Å². The molecule has 0 aliphatic rings. The number of ether oxygens (including phenoxy) is 2. The van der Waals surface area contributed by atoms with Crippen molar-refractivity contribution in [1.29, 1.82) is 0 Å². The number of hydrogen-bond acceptors (Lipinski definition) is 4. The van der Waals surface area contributed by atoms with Crippen molar-refractivity contribution in [1.82, 2.24) is 10.3 Å². The highest BCUT2D eigenvalue weighted by Crippen LogP contribution is 2.13. The van der Waals surface area contributed by atoms with Crippen LogP contribution in [0.25, 0.3) is 0 Å². The lowest BCUT2D eigenvalue weighted by Crippen LogP contribution is -2.14. The Morgan fingerprint density at radius 3 is 2.88 bits per heavy atom. The van der Waals surface area contributed by atoms with Crippen molar-refractivity contribution >= 4 is 0 Å². The maximum atomic E-state index is 5.60. The third-order valence-electron chi connectivity index (χ3n) is 2.23. The maximum absolute atomic E-state index is 5.60. The van der Waals surface area contributed by atoms with Crippen molar-refractivity contribution in [3.05, 3.63) is 23.9 Å². The Morgan fingerprint density at radius 2 is 2.12 bits per heavy atom. The van der Waals surface area contributed by atoms with Crippen LogP contribution >= 0.6 is 0 Å². The highest BCUT2D eigenvalue weighted by molar-refractivity contribution is 5.25. The molecule has 17 heavy (non-hydrogen) atoms. The summed E-state index contributed by atoms with van der Waals surface area (Å²) in [5.41, 5.74) is 1.09. The van der Waals surface area contributed by atoms with Crippen LogP contribution in [-0.4, -0.2) is 31.3 Å². The van der Waals surface area contributed by atoms with E-state index in [1.807, 2.05) is 12.1 Å². The van der Waals surface area contributed by atoms with Crippen LogP contribution in [0.1, 0.15) is 25.8 Å². The molecule has 4 nitrogen and oxygen atoms in total. The summed E-state index contributed by atoms with van der Waals surface area (Å²) in [4.78, 5) is 4.23. The van der Waals surface area contributed by atoms with E-state index >= 15 is 0 Å². The molecular formula is C13H22N2O2. The van der Waals surface area contributed by atoms with Crippen LogP contribution in [0.3, 0.4) is 0 Å². The lowest BCUT2D eigenvalue weighted by molar-refractivity contribution is 0.0986. The van der Waals surface area contributed by atoms with Gasteiger partial charge in [-0.3, -0.25) is 0 Å². The fraction of sp³-hybridized carbons (Fsp3) is 0.615. The summed E-state index contributed by atoms with van der Waals surface area (Å²) in [5.74, 6) is 0.702. The van der Waals surface area contributed by atoms with Gasteiger partial charge in [0.05, 0.1) is 6.61 Å². The molecule has 0 aliphatic heterocycles. The van der Waals surface area contributed by atoms with E-state index in [9.17, 15) is 0 Å². The second-order valence-corrected chi connectivity index (χ2v) is 3.71. The zero-order chi connectivity index (χ0) is 12.3. The Kier molecular flexibility index (Phi) is 7.34. The smallest absolute Gasteiger partial charge is 0.217 e.